The maximum atomic E-state index is 6.52. The fourth-order valence-electron chi connectivity index (χ4n) is 7.64. The van der Waals surface area contributed by atoms with Gasteiger partial charge in [-0.15, -0.1) is 0 Å². The molecule has 0 radical (unpaired) electrons. The van der Waals surface area contributed by atoms with E-state index in [2.05, 4.69) is 170 Å². The van der Waals surface area contributed by atoms with Gasteiger partial charge in [0.1, 0.15) is 11.5 Å². The lowest BCUT2D eigenvalue weighted by molar-refractivity contribution is 0.487. The number of benzene rings is 9. The van der Waals surface area contributed by atoms with Crippen LogP contribution in [0.25, 0.3) is 87.6 Å². The summed E-state index contributed by atoms with van der Waals surface area (Å²) in [6, 6.07) is 61.5. The molecule has 0 fully saturated rings. The van der Waals surface area contributed by atoms with E-state index in [0.29, 0.717) is 0 Å². The summed E-state index contributed by atoms with van der Waals surface area (Å²) in [6.45, 7) is 0. The second-order valence-corrected chi connectivity index (χ2v) is 12.5. The summed E-state index contributed by atoms with van der Waals surface area (Å²) in [5.41, 5.74) is 9.64. The van der Waals surface area contributed by atoms with Crippen molar-refractivity contribution < 1.29 is 4.74 Å². The highest BCUT2D eigenvalue weighted by atomic mass is 16.5. The first-order chi connectivity index (χ1) is 23.3. The molecule has 1 heterocycles. The number of ether oxygens (including phenoxy) is 1. The van der Waals surface area contributed by atoms with Crippen LogP contribution in [0.3, 0.4) is 0 Å². The molecular formula is C46H28O. The van der Waals surface area contributed by atoms with Gasteiger partial charge in [-0.05, 0) is 101 Å². The lowest BCUT2D eigenvalue weighted by atomic mass is 9.87. The molecule has 0 saturated heterocycles. The van der Waals surface area contributed by atoms with E-state index in [1.54, 1.807) is 0 Å². The average Bonchev–Trinajstić information content (AvgIpc) is 3.14. The van der Waals surface area contributed by atoms with Gasteiger partial charge < -0.3 is 4.74 Å². The minimum Gasteiger partial charge on any atom is -0.456 e. The Kier molecular flexibility index (Phi) is 5.64. The van der Waals surface area contributed by atoms with Crippen LogP contribution in [0.4, 0.5) is 0 Å². The molecule has 10 rings (SSSR count). The van der Waals surface area contributed by atoms with Crippen LogP contribution >= 0.6 is 0 Å². The normalized spacial score (nSPS) is 12.0. The molecule has 0 bridgehead atoms. The van der Waals surface area contributed by atoms with Crippen molar-refractivity contribution in [3.8, 4) is 56.0 Å². The van der Waals surface area contributed by atoms with Crippen LogP contribution in [0.2, 0.25) is 0 Å². The van der Waals surface area contributed by atoms with E-state index in [4.69, 9.17) is 4.74 Å². The minimum atomic E-state index is 0.900. The van der Waals surface area contributed by atoms with E-state index < -0.39 is 0 Å². The first-order valence-electron chi connectivity index (χ1n) is 16.2. The zero-order valence-corrected chi connectivity index (χ0v) is 25.6. The zero-order chi connectivity index (χ0) is 30.9. The van der Waals surface area contributed by atoms with Gasteiger partial charge in [0, 0.05) is 10.9 Å². The monoisotopic (exact) mass is 596 g/mol. The third-order valence-corrected chi connectivity index (χ3v) is 9.85. The summed E-state index contributed by atoms with van der Waals surface area (Å²) >= 11 is 0. The lowest BCUT2D eigenvalue weighted by Crippen LogP contribution is -1.98. The first-order valence-corrected chi connectivity index (χ1v) is 16.2. The Balaban J connectivity index is 1.12. The van der Waals surface area contributed by atoms with Crippen LogP contribution < -0.4 is 4.74 Å². The third-order valence-electron chi connectivity index (χ3n) is 9.85. The summed E-state index contributed by atoms with van der Waals surface area (Å²) in [4.78, 5) is 0. The predicted octanol–water partition coefficient (Wildman–Crippen LogP) is 13.1. The molecule has 1 aliphatic heterocycles. The summed E-state index contributed by atoms with van der Waals surface area (Å²) < 4.78 is 6.52. The molecule has 0 N–H and O–H groups in total. The molecule has 0 spiro atoms. The Morgan fingerprint density at radius 1 is 0.298 bits per heavy atom. The number of hydrogen-bond donors (Lipinski definition) is 0. The quantitative estimate of drug-likeness (QED) is 0.146. The van der Waals surface area contributed by atoms with Crippen molar-refractivity contribution in [2.75, 3.05) is 0 Å². The Labute approximate surface area is 272 Å². The SMILES string of the molecule is c1ccc(-c2ccc3c(c2)-c2cccc4c(-c5ccc(-c6c7ccccc7cc7c6ccc6ccccc67)cc5)ccc(c24)O3)cc1. The number of hydrogen-bond acceptors (Lipinski definition) is 1. The van der Waals surface area contributed by atoms with Crippen LogP contribution in [0.5, 0.6) is 11.5 Å². The second-order valence-electron chi connectivity index (χ2n) is 12.5. The summed E-state index contributed by atoms with van der Waals surface area (Å²) in [7, 11) is 0. The number of rotatable bonds is 3. The van der Waals surface area contributed by atoms with Gasteiger partial charge in [0.2, 0.25) is 0 Å². The van der Waals surface area contributed by atoms with Gasteiger partial charge in [-0.25, -0.2) is 0 Å². The molecule has 1 nitrogen and oxygen atoms in total. The molecule has 9 aromatic carbocycles. The summed E-state index contributed by atoms with van der Waals surface area (Å²) in [6.07, 6.45) is 0. The van der Waals surface area contributed by atoms with Crippen molar-refractivity contribution in [2.45, 2.75) is 0 Å². The maximum Gasteiger partial charge on any atom is 0.135 e. The molecule has 1 heteroatoms. The van der Waals surface area contributed by atoms with Crippen LogP contribution in [0, 0.1) is 0 Å². The number of fused-ring (bicyclic) bond motifs is 6. The van der Waals surface area contributed by atoms with Crippen molar-refractivity contribution >= 4 is 43.1 Å². The van der Waals surface area contributed by atoms with Crippen LogP contribution in [0.15, 0.2) is 170 Å². The smallest absolute Gasteiger partial charge is 0.135 e. The van der Waals surface area contributed by atoms with Crippen LogP contribution in [-0.2, 0) is 0 Å². The maximum absolute atomic E-state index is 6.52. The first kappa shape index (κ1) is 26.1. The van der Waals surface area contributed by atoms with E-state index in [1.807, 2.05) is 0 Å². The van der Waals surface area contributed by atoms with Crippen molar-refractivity contribution in [1.29, 1.82) is 0 Å². The van der Waals surface area contributed by atoms with E-state index in [9.17, 15) is 0 Å². The van der Waals surface area contributed by atoms with Gasteiger partial charge >= 0.3 is 0 Å². The van der Waals surface area contributed by atoms with Gasteiger partial charge in [-0.1, -0.05) is 146 Å². The van der Waals surface area contributed by atoms with E-state index in [0.717, 1.165) is 17.1 Å². The van der Waals surface area contributed by atoms with Gasteiger partial charge in [-0.3, -0.25) is 0 Å². The third kappa shape index (κ3) is 4.03. The Hall–Kier alpha value is -6.18. The van der Waals surface area contributed by atoms with Gasteiger partial charge in [0.15, 0.2) is 0 Å². The molecule has 0 saturated carbocycles. The topological polar surface area (TPSA) is 9.23 Å². The predicted molar refractivity (Wildman–Crippen MR) is 198 cm³/mol. The van der Waals surface area contributed by atoms with E-state index in [-0.39, 0.29) is 0 Å². The molecule has 0 atom stereocenters. The van der Waals surface area contributed by atoms with Gasteiger partial charge in [-0.2, -0.15) is 0 Å². The molecule has 9 aromatic rings. The van der Waals surface area contributed by atoms with E-state index >= 15 is 0 Å². The minimum absolute atomic E-state index is 0.900. The average molecular weight is 597 g/mol. The highest BCUT2D eigenvalue weighted by molar-refractivity contribution is 6.20. The van der Waals surface area contributed by atoms with E-state index in [1.165, 1.54) is 82.0 Å². The van der Waals surface area contributed by atoms with Crippen molar-refractivity contribution in [3.63, 3.8) is 0 Å². The standard InChI is InChI=1S/C46H28O/c1-2-9-29(10-3-1)33-22-25-43-42(27-33)39-16-8-15-38-36(24-26-44(47-43)46(38)39)31-17-19-32(20-18-31)45-37-14-7-5-12-34(37)28-41-35-13-6-4-11-30(35)21-23-40(41)45/h1-28H. The summed E-state index contributed by atoms with van der Waals surface area (Å²) in [5.74, 6) is 1.81. The fourth-order valence-corrected chi connectivity index (χ4v) is 7.64. The van der Waals surface area contributed by atoms with Crippen molar-refractivity contribution in [3.05, 3.63) is 170 Å². The summed E-state index contributed by atoms with van der Waals surface area (Å²) in [5, 5.41) is 10.0. The highest BCUT2D eigenvalue weighted by Gasteiger charge is 2.22. The van der Waals surface area contributed by atoms with Crippen LogP contribution in [-0.4, -0.2) is 0 Å². The molecule has 0 aliphatic carbocycles. The Bertz CT molecular complexity index is 2680. The molecule has 47 heavy (non-hydrogen) atoms. The molecular weight excluding hydrogens is 569 g/mol. The van der Waals surface area contributed by atoms with Crippen molar-refractivity contribution in [1.82, 2.24) is 0 Å². The zero-order valence-electron chi connectivity index (χ0n) is 25.6. The van der Waals surface area contributed by atoms with Gasteiger partial charge in [0.05, 0.1) is 0 Å². The molecule has 1 aliphatic rings. The largest absolute Gasteiger partial charge is 0.456 e. The lowest BCUT2D eigenvalue weighted by Gasteiger charge is -2.23. The molecule has 0 unspecified atom stereocenters. The Morgan fingerprint density at radius 3 is 1.87 bits per heavy atom. The van der Waals surface area contributed by atoms with Crippen LogP contribution in [0.1, 0.15) is 0 Å². The second kappa shape index (κ2) is 10.2. The Morgan fingerprint density at radius 2 is 1.00 bits per heavy atom. The molecule has 218 valence electrons. The molecule has 0 amide bonds. The van der Waals surface area contributed by atoms with Gasteiger partial charge in [0.25, 0.3) is 0 Å². The highest BCUT2D eigenvalue weighted by Crippen LogP contribution is 2.49. The van der Waals surface area contributed by atoms with Crippen molar-refractivity contribution in [2.24, 2.45) is 0 Å². The molecule has 0 aromatic heterocycles. The fraction of sp³-hybridized carbons (Fsp3) is 0.